The van der Waals surface area contributed by atoms with Gasteiger partial charge >= 0.3 is 0 Å². The zero-order valence-corrected chi connectivity index (χ0v) is 15.8. The molecule has 1 fully saturated rings. The van der Waals surface area contributed by atoms with Crippen molar-refractivity contribution in [3.8, 4) is 5.75 Å². The van der Waals surface area contributed by atoms with Gasteiger partial charge in [0.1, 0.15) is 30.4 Å². The van der Waals surface area contributed by atoms with E-state index in [-0.39, 0.29) is 0 Å². The maximum absolute atomic E-state index is 10.3. The molecule has 10 heteroatoms. The quantitative estimate of drug-likeness (QED) is 0.445. The number of fused-ring (bicyclic) bond motifs is 1. The van der Waals surface area contributed by atoms with Gasteiger partial charge < -0.3 is 30.1 Å². The molecule has 0 radical (unpaired) electrons. The van der Waals surface area contributed by atoms with Crippen LogP contribution >= 0.6 is 0 Å². The smallest absolute Gasteiger partial charge is 0.167 e. The topological polar surface area (TPSA) is 135 Å². The van der Waals surface area contributed by atoms with Crippen molar-refractivity contribution in [1.29, 1.82) is 0 Å². The van der Waals surface area contributed by atoms with Gasteiger partial charge in [0.05, 0.1) is 19.5 Å². The molecule has 4 N–H and O–H groups in total. The first-order chi connectivity index (χ1) is 14.1. The Morgan fingerprint density at radius 3 is 2.62 bits per heavy atom. The number of imidazole rings is 1. The van der Waals surface area contributed by atoms with E-state index < -0.39 is 31.1 Å². The molecular weight excluding hydrogens is 378 g/mol. The van der Waals surface area contributed by atoms with Gasteiger partial charge in [-0.2, -0.15) is 0 Å². The molecule has 29 heavy (non-hydrogen) atoms. The normalized spacial score (nSPS) is 24.1. The molecule has 3 aromatic rings. The molecule has 0 spiro atoms. The summed E-state index contributed by atoms with van der Waals surface area (Å²) in [5.74, 6) is 1.35. The molecule has 0 saturated carbocycles. The molecular formula is C19H23N5O5. The first-order valence-corrected chi connectivity index (χ1v) is 9.38. The lowest BCUT2D eigenvalue weighted by molar-refractivity contribution is -0.0511. The lowest BCUT2D eigenvalue weighted by atomic mass is 10.1. The summed E-state index contributed by atoms with van der Waals surface area (Å²) >= 11 is 0. The summed E-state index contributed by atoms with van der Waals surface area (Å²) < 4.78 is 12.5. The molecule has 0 unspecified atom stereocenters. The average molecular weight is 401 g/mol. The van der Waals surface area contributed by atoms with E-state index in [1.54, 1.807) is 0 Å². The number of aromatic nitrogens is 4. The van der Waals surface area contributed by atoms with Crippen LogP contribution in [0.5, 0.6) is 5.75 Å². The predicted octanol–water partition coefficient (Wildman–Crippen LogP) is 0.449. The van der Waals surface area contributed by atoms with Gasteiger partial charge in [-0.3, -0.25) is 4.57 Å². The molecule has 0 amide bonds. The van der Waals surface area contributed by atoms with Crippen LogP contribution in [0.15, 0.2) is 36.9 Å². The highest BCUT2D eigenvalue weighted by Crippen LogP contribution is 2.32. The third-order valence-electron chi connectivity index (χ3n) is 4.84. The fourth-order valence-electron chi connectivity index (χ4n) is 3.33. The maximum Gasteiger partial charge on any atom is 0.167 e. The molecule has 3 heterocycles. The molecule has 1 saturated heterocycles. The van der Waals surface area contributed by atoms with Crippen molar-refractivity contribution in [2.24, 2.45) is 0 Å². The van der Waals surface area contributed by atoms with E-state index in [4.69, 9.17) is 9.47 Å². The van der Waals surface area contributed by atoms with Gasteiger partial charge in [0, 0.05) is 6.54 Å². The number of nitrogens with one attached hydrogen (secondary N) is 1. The number of anilines is 1. The summed E-state index contributed by atoms with van der Waals surface area (Å²) in [5, 5.41) is 32.8. The zero-order chi connectivity index (χ0) is 20.4. The Morgan fingerprint density at radius 2 is 1.93 bits per heavy atom. The summed E-state index contributed by atoms with van der Waals surface area (Å²) in [6.07, 6.45) is -1.31. The van der Waals surface area contributed by atoms with Crippen molar-refractivity contribution < 1.29 is 24.8 Å². The summed E-state index contributed by atoms with van der Waals surface area (Å²) in [4.78, 5) is 12.8. The third-order valence-corrected chi connectivity index (χ3v) is 4.84. The van der Waals surface area contributed by atoms with E-state index in [9.17, 15) is 15.3 Å². The lowest BCUT2D eigenvalue weighted by Crippen LogP contribution is -2.33. The van der Waals surface area contributed by atoms with Crippen LogP contribution in [0.1, 0.15) is 18.7 Å². The molecule has 1 aromatic carbocycles. The summed E-state index contributed by atoms with van der Waals surface area (Å²) in [7, 11) is 0. The van der Waals surface area contributed by atoms with E-state index in [2.05, 4.69) is 20.3 Å². The number of aliphatic hydroxyl groups is 3. The van der Waals surface area contributed by atoms with Crippen LogP contribution in [0.4, 0.5) is 5.82 Å². The second-order valence-corrected chi connectivity index (χ2v) is 6.71. The van der Waals surface area contributed by atoms with Crippen LogP contribution in [0.3, 0.4) is 0 Å². The standard InChI is InChI=1S/C19H23N5O5/c1-2-28-12-5-3-11(4-6-12)7-20-17-14-18(22-9-21-17)24(10-23-14)19-16(27)15(26)13(8-25)29-19/h3-6,9-10,13,15-16,19,25-27H,2,7-8H2,1H3,(H,20,21,22)/t13-,15-,16-,19-/m1/s1. The molecule has 4 rings (SSSR count). The molecule has 4 atom stereocenters. The van der Waals surface area contributed by atoms with Gasteiger partial charge in [-0.05, 0) is 24.6 Å². The first kappa shape index (κ1) is 19.5. The van der Waals surface area contributed by atoms with Crippen LogP contribution in [0, 0.1) is 0 Å². The Hall–Kier alpha value is -2.79. The Morgan fingerprint density at radius 1 is 1.14 bits per heavy atom. The van der Waals surface area contributed by atoms with Gasteiger partial charge in [-0.15, -0.1) is 0 Å². The zero-order valence-electron chi connectivity index (χ0n) is 15.8. The largest absolute Gasteiger partial charge is 0.494 e. The fourth-order valence-corrected chi connectivity index (χ4v) is 3.33. The average Bonchev–Trinajstić information content (AvgIpc) is 3.29. The number of rotatable bonds is 7. The van der Waals surface area contributed by atoms with Crippen molar-refractivity contribution in [1.82, 2.24) is 19.5 Å². The third kappa shape index (κ3) is 3.75. The molecule has 0 bridgehead atoms. The lowest BCUT2D eigenvalue weighted by Gasteiger charge is -2.16. The number of benzene rings is 1. The highest BCUT2D eigenvalue weighted by atomic mass is 16.6. The van der Waals surface area contributed by atoms with E-state index in [0.717, 1.165) is 11.3 Å². The Kier molecular flexibility index (Phi) is 5.58. The highest BCUT2D eigenvalue weighted by molar-refractivity contribution is 5.82. The minimum atomic E-state index is -1.21. The minimum absolute atomic E-state index is 0.398. The van der Waals surface area contributed by atoms with E-state index in [1.807, 2.05) is 31.2 Å². The van der Waals surface area contributed by atoms with Crippen LogP contribution in [-0.2, 0) is 11.3 Å². The highest BCUT2D eigenvalue weighted by Gasteiger charge is 2.44. The monoisotopic (exact) mass is 401 g/mol. The Bertz CT molecular complexity index is 963. The van der Waals surface area contributed by atoms with Gasteiger partial charge in [0.2, 0.25) is 0 Å². The number of nitrogens with zero attached hydrogens (tertiary/aromatic N) is 4. The molecule has 1 aliphatic heterocycles. The predicted molar refractivity (Wildman–Crippen MR) is 103 cm³/mol. The van der Waals surface area contributed by atoms with Crippen LogP contribution in [0.2, 0.25) is 0 Å². The van der Waals surface area contributed by atoms with Crippen molar-refractivity contribution in [2.45, 2.75) is 38.0 Å². The molecule has 2 aromatic heterocycles. The minimum Gasteiger partial charge on any atom is -0.494 e. The van der Waals surface area contributed by atoms with Crippen LogP contribution in [0.25, 0.3) is 11.2 Å². The van der Waals surface area contributed by atoms with E-state index >= 15 is 0 Å². The van der Waals surface area contributed by atoms with E-state index in [0.29, 0.717) is 30.1 Å². The van der Waals surface area contributed by atoms with Crippen molar-refractivity contribution in [2.75, 3.05) is 18.5 Å². The van der Waals surface area contributed by atoms with Crippen molar-refractivity contribution in [3.63, 3.8) is 0 Å². The van der Waals surface area contributed by atoms with Gasteiger partial charge in [0.25, 0.3) is 0 Å². The second kappa shape index (κ2) is 8.29. The van der Waals surface area contributed by atoms with Gasteiger partial charge in [-0.1, -0.05) is 12.1 Å². The Balaban J connectivity index is 1.53. The summed E-state index contributed by atoms with van der Waals surface area (Å²) in [6.45, 7) is 2.69. The second-order valence-electron chi connectivity index (χ2n) is 6.71. The van der Waals surface area contributed by atoms with Crippen molar-refractivity contribution in [3.05, 3.63) is 42.5 Å². The van der Waals surface area contributed by atoms with Gasteiger partial charge in [-0.25, -0.2) is 15.0 Å². The number of hydrogen-bond acceptors (Lipinski definition) is 9. The number of aliphatic hydroxyl groups excluding tert-OH is 3. The van der Waals surface area contributed by atoms with Crippen molar-refractivity contribution >= 4 is 17.0 Å². The molecule has 0 aliphatic carbocycles. The fraction of sp³-hybridized carbons (Fsp3) is 0.421. The van der Waals surface area contributed by atoms with Crippen LogP contribution < -0.4 is 10.1 Å². The Labute approximate surface area is 166 Å². The molecule has 154 valence electrons. The summed E-state index contributed by atoms with van der Waals surface area (Å²) in [6, 6.07) is 7.75. The summed E-state index contributed by atoms with van der Waals surface area (Å²) in [5.41, 5.74) is 2.00. The number of ether oxygens (including phenoxy) is 2. The number of hydrogen-bond donors (Lipinski definition) is 4. The van der Waals surface area contributed by atoms with Gasteiger partial charge in [0.15, 0.2) is 23.2 Å². The maximum atomic E-state index is 10.3. The molecule has 10 nitrogen and oxygen atoms in total. The first-order valence-electron chi connectivity index (χ1n) is 9.38. The van der Waals surface area contributed by atoms with E-state index in [1.165, 1.54) is 17.2 Å². The SMILES string of the molecule is CCOc1ccc(CNc2ncnc3c2ncn3[C@@H]2O[C@H](CO)[C@@H](O)[C@H]2O)cc1. The van der Waals surface area contributed by atoms with Crippen LogP contribution in [-0.4, -0.2) is 66.4 Å². The molecule has 1 aliphatic rings.